The molecule has 0 aliphatic heterocycles. The van der Waals surface area contributed by atoms with Gasteiger partial charge in [0.1, 0.15) is 0 Å². The van der Waals surface area contributed by atoms with Gasteiger partial charge in [0.05, 0.1) is 12.1 Å². The summed E-state index contributed by atoms with van der Waals surface area (Å²) in [6, 6.07) is 18.9. The number of carboxylic acid groups (broad SMARTS) is 2. The van der Waals surface area contributed by atoms with Gasteiger partial charge in [-0.05, 0) is 11.1 Å². The molecule has 6 N–H and O–H groups in total. The quantitative estimate of drug-likeness (QED) is 0.305. The summed E-state index contributed by atoms with van der Waals surface area (Å²) in [7, 11) is 0. The van der Waals surface area contributed by atoms with Crippen LogP contribution in [0.5, 0.6) is 0 Å². The first-order chi connectivity index (χ1) is 12.0. The van der Waals surface area contributed by atoms with Gasteiger partial charge in [-0.15, -0.1) is 0 Å². The Morgan fingerprint density at radius 1 is 0.840 bits per heavy atom. The largest absolute Gasteiger partial charge is 0.478 e. The van der Waals surface area contributed by atoms with Crippen molar-refractivity contribution in [3.63, 3.8) is 0 Å². The van der Waals surface area contributed by atoms with Crippen molar-refractivity contribution in [3.8, 4) is 0 Å². The van der Waals surface area contributed by atoms with Gasteiger partial charge in [-0.2, -0.15) is 0 Å². The van der Waals surface area contributed by atoms with E-state index < -0.39 is 18.0 Å². The zero-order valence-corrected chi connectivity index (χ0v) is 13.3. The lowest BCUT2D eigenvalue weighted by Crippen LogP contribution is -2.32. The van der Waals surface area contributed by atoms with E-state index in [1.807, 2.05) is 60.7 Å². The fourth-order valence-corrected chi connectivity index (χ4v) is 2.02. The summed E-state index contributed by atoms with van der Waals surface area (Å²) < 4.78 is 0. The predicted molar refractivity (Wildman–Crippen MR) is 92.3 cm³/mol. The lowest BCUT2D eigenvalue weighted by Gasteiger charge is -2.22. The van der Waals surface area contributed by atoms with Crippen molar-refractivity contribution in [1.82, 2.24) is 5.43 Å². The van der Waals surface area contributed by atoms with Crippen LogP contribution in [0.2, 0.25) is 0 Å². The highest BCUT2D eigenvalue weighted by Gasteiger charge is 2.20. The normalized spacial score (nSPS) is 12.7. The third kappa shape index (κ3) is 7.40. The van der Waals surface area contributed by atoms with Crippen molar-refractivity contribution in [2.75, 3.05) is 0 Å². The second-order valence-corrected chi connectivity index (χ2v) is 4.92. The molecule has 0 radical (unpaired) electrons. The fraction of sp³-hybridized carbons (Fsp3) is 0.111. The van der Waals surface area contributed by atoms with E-state index in [-0.39, 0.29) is 6.04 Å². The van der Waals surface area contributed by atoms with Gasteiger partial charge in [0, 0.05) is 12.2 Å². The van der Waals surface area contributed by atoms with E-state index in [0.29, 0.717) is 12.2 Å². The summed E-state index contributed by atoms with van der Waals surface area (Å²) in [5, 5.41) is 25.9. The van der Waals surface area contributed by atoms with E-state index in [1.165, 1.54) is 0 Å². The molecule has 132 valence electrons. The van der Waals surface area contributed by atoms with Crippen molar-refractivity contribution >= 4 is 11.9 Å². The van der Waals surface area contributed by atoms with Gasteiger partial charge >= 0.3 is 11.9 Å². The number of hydrogen-bond donors (Lipinski definition) is 5. The van der Waals surface area contributed by atoms with Crippen LogP contribution in [0.4, 0.5) is 0 Å². The minimum absolute atomic E-state index is 0.307. The zero-order valence-electron chi connectivity index (χ0n) is 13.3. The second kappa shape index (κ2) is 10.7. The van der Waals surface area contributed by atoms with Crippen molar-refractivity contribution in [1.29, 1.82) is 0 Å². The molecule has 7 heteroatoms. The van der Waals surface area contributed by atoms with Crippen LogP contribution >= 0.6 is 0 Å². The topological polar surface area (TPSA) is 133 Å². The first kappa shape index (κ1) is 20.0. The van der Waals surface area contributed by atoms with Gasteiger partial charge in [-0.1, -0.05) is 60.7 Å². The molecular weight excluding hydrogens is 324 g/mol. The van der Waals surface area contributed by atoms with Gasteiger partial charge in [0.15, 0.2) is 0 Å². The number of hydrogen-bond acceptors (Lipinski definition) is 5. The van der Waals surface area contributed by atoms with E-state index in [1.54, 1.807) is 0 Å². The molecule has 0 fully saturated rings. The van der Waals surface area contributed by atoms with Crippen molar-refractivity contribution in [3.05, 3.63) is 83.9 Å². The molecule has 0 aromatic heterocycles. The van der Waals surface area contributed by atoms with Gasteiger partial charge < -0.3 is 15.3 Å². The number of rotatable bonds is 6. The Bertz CT molecular complexity index is 673. The van der Waals surface area contributed by atoms with Gasteiger partial charge in [0.2, 0.25) is 0 Å². The Morgan fingerprint density at radius 3 is 1.60 bits per heavy atom. The molecule has 0 saturated carbocycles. The lowest BCUT2D eigenvalue weighted by molar-refractivity contribution is -0.134. The summed E-state index contributed by atoms with van der Waals surface area (Å²) in [4.78, 5) is 19.1. The van der Waals surface area contributed by atoms with Crippen LogP contribution in [0.3, 0.4) is 0 Å². The zero-order chi connectivity index (χ0) is 18.7. The fourth-order valence-electron chi connectivity index (χ4n) is 2.02. The predicted octanol–water partition coefficient (Wildman–Crippen LogP) is 1.64. The number of aliphatic hydroxyl groups excluding tert-OH is 1. The summed E-state index contributed by atoms with van der Waals surface area (Å²) in [6.45, 7) is 0. The molecule has 2 aromatic carbocycles. The molecule has 2 rings (SSSR count). The van der Waals surface area contributed by atoms with E-state index in [0.717, 1.165) is 11.1 Å². The van der Waals surface area contributed by atoms with Crippen LogP contribution in [-0.4, -0.2) is 27.3 Å². The molecule has 0 aliphatic carbocycles. The number of carbonyl (C=O) groups is 2. The maximum Gasteiger partial charge on any atom is 0.328 e. The smallest absolute Gasteiger partial charge is 0.328 e. The van der Waals surface area contributed by atoms with E-state index >= 15 is 0 Å². The number of hydrazine groups is 1. The number of benzene rings is 2. The standard InChI is InChI=1S/C14H16N2O.C4H4O4/c15-16-13(11-7-3-1-4-8-11)14(17)12-9-5-2-6-10-12;5-3(6)1-2-4(7)8/h1-10,13-14,16-17H,15H2;1-2H,(H,5,6)(H,7,8)/b;2-1-/t13-,14+;/m0./s1. The average Bonchev–Trinajstić information content (AvgIpc) is 2.63. The average molecular weight is 344 g/mol. The molecule has 0 unspecified atom stereocenters. The molecule has 2 aromatic rings. The number of aliphatic hydroxyl groups is 1. The molecule has 0 spiro atoms. The molecule has 0 aliphatic rings. The van der Waals surface area contributed by atoms with E-state index in [2.05, 4.69) is 5.43 Å². The Morgan fingerprint density at radius 2 is 1.24 bits per heavy atom. The number of aliphatic carboxylic acids is 2. The van der Waals surface area contributed by atoms with E-state index in [4.69, 9.17) is 16.1 Å². The molecule has 0 saturated heterocycles. The minimum Gasteiger partial charge on any atom is -0.478 e. The van der Waals surface area contributed by atoms with Crippen LogP contribution in [0, 0.1) is 0 Å². The first-order valence-corrected chi connectivity index (χ1v) is 7.33. The second-order valence-electron chi connectivity index (χ2n) is 4.92. The molecular formula is C18H20N2O5. The Kier molecular flexibility index (Phi) is 8.59. The van der Waals surface area contributed by atoms with Crippen LogP contribution in [-0.2, 0) is 9.59 Å². The lowest BCUT2D eigenvalue weighted by atomic mass is 9.96. The maximum absolute atomic E-state index is 10.3. The summed E-state index contributed by atoms with van der Waals surface area (Å²) in [6.07, 6.45) is 0.452. The van der Waals surface area contributed by atoms with E-state index in [9.17, 15) is 14.7 Å². The number of nitrogens with two attached hydrogens (primary N) is 1. The summed E-state index contributed by atoms with van der Waals surface area (Å²) in [5.41, 5.74) is 4.48. The van der Waals surface area contributed by atoms with Crippen LogP contribution < -0.4 is 11.3 Å². The van der Waals surface area contributed by atoms with Gasteiger partial charge in [-0.3, -0.25) is 11.3 Å². The SMILES string of the molecule is NN[C@@H](c1ccccc1)[C@H](O)c1ccccc1.O=C(O)/C=C\C(=O)O. The Balaban J connectivity index is 0.000000333. The van der Waals surface area contributed by atoms with Gasteiger partial charge in [0.25, 0.3) is 0 Å². The summed E-state index contributed by atoms with van der Waals surface area (Å²) in [5.74, 6) is 3.02. The van der Waals surface area contributed by atoms with Crippen LogP contribution in [0.25, 0.3) is 0 Å². The minimum atomic E-state index is -1.26. The monoisotopic (exact) mass is 344 g/mol. The van der Waals surface area contributed by atoms with Gasteiger partial charge in [-0.25, -0.2) is 9.59 Å². The highest BCUT2D eigenvalue weighted by Crippen LogP contribution is 2.27. The molecule has 7 nitrogen and oxygen atoms in total. The third-order valence-corrected chi connectivity index (χ3v) is 3.16. The molecule has 25 heavy (non-hydrogen) atoms. The molecule has 0 heterocycles. The van der Waals surface area contributed by atoms with Crippen molar-refractivity contribution in [2.45, 2.75) is 12.1 Å². The molecule has 0 amide bonds. The van der Waals surface area contributed by atoms with Crippen molar-refractivity contribution < 1.29 is 24.9 Å². The Hall–Kier alpha value is -3.00. The highest BCUT2D eigenvalue weighted by atomic mass is 16.4. The van der Waals surface area contributed by atoms with Crippen molar-refractivity contribution in [2.24, 2.45) is 5.84 Å². The van der Waals surface area contributed by atoms with Crippen LogP contribution in [0.15, 0.2) is 72.8 Å². The first-order valence-electron chi connectivity index (χ1n) is 7.33. The van der Waals surface area contributed by atoms with Crippen LogP contribution in [0.1, 0.15) is 23.3 Å². The number of nitrogens with one attached hydrogen (secondary N) is 1. The Labute approximate surface area is 145 Å². The molecule has 2 atom stereocenters. The molecule has 0 bridgehead atoms. The summed E-state index contributed by atoms with van der Waals surface area (Å²) >= 11 is 0. The highest BCUT2D eigenvalue weighted by molar-refractivity contribution is 5.89. The maximum atomic E-state index is 10.3. The third-order valence-electron chi connectivity index (χ3n) is 3.16. The number of carboxylic acids is 2.